The van der Waals surface area contributed by atoms with Crippen LogP contribution in [-0.4, -0.2) is 51.6 Å². The van der Waals surface area contributed by atoms with Crippen molar-refractivity contribution in [1.82, 2.24) is 24.8 Å². The third-order valence-corrected chi connectivity index (χ3v) is 3.86. The first-order valence-corrected chi connectivity index (χ1v) is 6.96. The van der Waals surface area contributed by atoms with Crippen LogP contribution in [0.3, 0.4) is 0 Å². The minimum Gasteiger partial charge on any atom is -0.337 e. The van der Waals surface area contributed by atoms with Crippen LogP contribution in [0.15, 0.2) is 18.5 Å². The van der Waals surface area contributed by atoms with Crippen molar-refractivity contribution in [2.24, 2.45) is 0 Å². The Morgan fingerprint density at radius 1 is 1.48 bits per heavy atom. The van der Waals surface area contributed by atoms with Crippen LogP contribution in [0.25, 0.3) is 5.65 Å². The van der Waals surface area contributed by atoms with Gasteiger partial charge in [0.2, 0.25) is 0 Å². The molecule has 3 rings (SSSR count). The Bertz CT molecular complexity index is 641. The molecule has 21 heavy (non-hydrogen) atoms. The van der Waals surface area contributed by atoms with Gasteiger partial charge < -0.3 is 10.2 Å². The van der Waals surface area contributed by atoms with E-state index in [1.54, 1.807) is 10.7 Å². The van der Waals surface area contributed by atoms with E-state index in [-0.39, 0.29) is 18.3 Å². The Labute approximate surface area is 129 Å². The van der Waals surface area contributed by atoms with E-state index < -0.39 is 0 Å². The SMILES string of the molecule is CNC1CCCN(C(=O)c2cnn3ccc(C)nc23)C1.Cl. The summed E-state index contributed by atoms with van der Waals surface area (Å²) in [6, 6.07) is 2.26. The van der Waals surface area contributed by atoms with Crippen molar-refractivity contribution in [3.63, 3.8) is 0 Å². The number of nitrogens with zero attached hydrogens (tertiary/aromatic N) is 4. The van der Waals surface area contributed by atoms with Gasteiger partial charge in [0.05, 0.1) is 6.20 Å². The van der Waals surface area contributed by atoms with Gasteiger partial charge in [-0.1, -0.05) is 0 Å². The van der Waals surface area contributed by atoms with Crippen molar-refractivity contribution >= 4 is 24.0 Å². The number of carbonyl (C=O) groups excluding carboxylic acids is 1. The van der Waals surface area contributed by atoms with E-state index in [1.165, 1.54) is 0 Å². The molecule has 1 amide bonds. The topological polar surface area (TPSA) is 62.5 Å². The Morgan fingerprint density at radius 3 is 3.05 bits per heavy atom. The first-order valence-electron chi connectivity index (χ1n) is 6.96. The molecule has 1 aliphatic heterocycles. The summed E-state index contributed by atoms with van der Waals surface area (Å²) in [5.41, 5.74) is 2.12. The zero-order valence-corrected chi connectivity index (χ0v) is 13.1. The Hall–Kier alpha value is -1.66. The molecule has 0 aliphatic carbocycles. The van der Waals surface area contributed by atoms with Crippen molar-refractivity contribution < 1.29 is 4.79 Å². The number of likely N-dealkylation sites (N-methyl/N-ethyl adjacent to an activating group) is 1. The summed E-state index contributed by atoms with van der Waals surface area (Å²) in [5, 5.41) is 7.46. The zero-order valence-electron chi connectivity index (χ0n) is 12.2. The predicted molar refractivity (Wildman–Crippen MR) is 83.0 cm³/mol. The summed E-state index contributed by atoms with van der Waals surface area (Å²) < 4.78 is 1.65. The van der Waals surface area contributed by atoms with Gasteiger partial charge in [-0.05, 0) is 32.9 Å². The lowest BCUT2D eigenvalue weighted by Gasteiger charge is -2.32. The number of nitrogens with one attached hydrogen (secondary N) is 1. The number of amides is 1. The van der Waals surface area contributed by atoms with Gasteiger partial charge in [0.15, 0.2) is 5.65 Å². The molecule has 2 aromatic heterocycles. The highest BCUT2D eigenvalue weighted by molar-refractivity contribution is 5.99. The van der Waals surface area contributed by atoms with Crippen LogP contribution in [0, 0.1) is 6.92 Å². The summed E-state index contributed by atoms with van der Waals surface area (Å²) >= 11 is 0. The molecule has 0 aromatic carbocycles. The first-order chi connectivity index (χ1) is 9.69. The number of rotatable bonds is 2. The number of hydrogen-bond donors (Lipinski definition) is 1. The summed E-state index contributed by atoms with van der Waals surface area (Å²) in [4.78, 5) is 19.0. The van der Waals surface area contributed by atoms with Crippen LogP contribution in [0.5, 0.6) is 0 Å². The molecule has 3 heterocycles. The molecule has 1 fully saturated rings. The predicted octanol–water partition coefficient (Wildman–Crippen LogP) is 1.28. The number of hydrogen-bond acceptors (Lipinski definition) is 4. The van der Waals surface area contributed by atoms with Gasteiger partial charge in [-0.25, -0.2) is 9.50 Å². The van der Waals surface area contributed by atoms with Gasteiger partial charge in [0, 0.05) is 31.0 Å². The fraction of sp³-hybridized carbons (Fsp3) is 0.500. The number of piperidine rings is 1. The molecular formula is C14H20ClN5O. The quantitative estimate of drug-likeness (QED) is 0.908. The Morgan fingerprint density at radius 2 is 2.29 bits per heavy atom. The standard InChI is InChI=1S/C14H19N5O.ClH/c1-10-5-7-19-13(17-10)12(8-16-19)14(20)18-6-3-4-11(9-18)15-2;/h5,7-8,11,15H,3-4,6,9H2,1-2H3;1H. The second-order valence-corrected chi connectivity index (χ2v) is 5.27. The molecule has 0 radical (unpaired) electrons. The van der Waals surface area contributed by atoms with Crippen LogP contribution >= 0.6 is 12.4 Å². The number of aromatic nitrogens is 3. The van der Waals surface area contributed by atoms with Gasteiger partial charge >= 0.3 is 0 Å². The molecule has 1 unspecified atom stereocenters. The number of likely N-dealkylation sites (tertiary alicyclic amines) is 1. The van der Waals surface area contributed by atoms with Gasteiger partial charge in [0.1, 0.15) is 5.56 Å². The monoisotopic (exact) mass is 309 g/mol. The molecule has 0 bridgehead atoms. The first kappa shape index (κ1) is 15.7. The number of fused-ring (bicyclic) bond motifs is 1. The maximum Gasteiger partial charge on any atom is 0.259 e. The van der Waals surface area contributed by atoms with Gasteiger partial charge in [0.25, 0.3) is 5.91 Å². The molecule has 1 atom stereocenters. The second kappa shape index (κ2) is 6.41. The normalized spacial score (nSPS) is 18.6. The van der Waals surface area contributed by atoms with Crippen molar-refractivity contribution in [3.05, 3.63) is 29.7 Å². The number of aryl methyl sites for hydroxylation is 1. The minimum atomic E-state index is 0. The van der Waals surface area contributed by atoms with E-state index in [2.05, 4.69) is 15.4 Å². The molecular weight excluding hydrogens is 290 g/mol. The lowest BCUT2D eigenvalue weighted by Crippen LogP contribution is -2.46. The van der Waals surface area contributed by atoms with Gasteiger partial charge in [-0.2, -0.15) is 5.10 Å². The smallest absolute Gasteiger partial charge is 0.259 e. The fourth-order valence-corrected chi connectivity index (χ4v) is 2.68. The van der Waals surface area contributed by atoms with Gasteiger partial charge in [-0.3, -0.25) is 4.79 Å². The maximum absolute atomic E-state index is 12.7. The highest BCUT2D eigenvalue weighted by Crippen LogP contribution is 2.16. The van der Waals surface area contributed by atoms with E-state index in [9.17, 15) is 4.79 Å². The third-order valence-electron chi connectivity index (χ3n) is 3.86. The number of carbonyl (C=O) groups is 1. The Kier molecular flexibility index (Phi) is 4.80. The molecule has 0 spiro atoms. The summed E-state index contributed by atoms with van der Waals surface area (Å²) in [6.45, 7) is 3.47. The molecule has 114 valence electrons. The van der Waals surface area contributed by atoms with Crippen LogP contribution in [0.1, 0.15) is 28.9 Å². The van der Waals surface area contributed by atoms with Crippen molar-refractivity contribution in [2.45, 2.75) is 25.8 Å². The zero-order chi connectivity index (χ0) is 14.1. The van der Waals surface area contributed by atoms with Crippen molar-refractivity contribution in [1.29, 1.82) is 0 Å². The van der Waals surface area contributed by atoms with E-state index in [4.69, 9.17) is 0 Å². The molecule has 7 heteroatoms. The van der Waals surface area contributed by atoms with E-state index in [0.717, 1.165) is 31.6 Å². The fourth-order valence-electron chi connectivity index (χ4n) is 2.68. The van der Waals surface area contributed by atoms with Gasteiger partial charge in [-0.15, -0.1) is 12.4 Å². The molecule has 1 N–H and O–H groups in total. The van der Waals surface area contributed by atoms with Crippen LogP contribution in [-0.2, 0) is 0 Å². The maximum atomic E-state index is 12.7. The molecule has 2 aromatic rings. The average molecular weight is 310 g/mol. The average Bonchev–Trinajstić information content (AvgIpc) is 2.89. The lowest BCUT2D eigenvalue weighted by molar-refractivity contribution is 0.0700. The van der Waals surface area contributed by atoms with Crippen LogP contribution < -0.4 is 5.32 Å². The van der Waals surface area contributed by atoms with Crippen LogP contribution in [0.2, 0.25) is 0 Å². The largest absolute Gasteiger partial charge is 0.337 e. The highest BCUT2D eigenvalue weighted by Gasteiger charge is 2.25. The third kappa shape index (κ3) is 3.01. The van der Waals surface area contributed by atoms with E-state index in [1.807, 2.05) is 31.1 Å². The summed E-state index contributed by atoms with van der Waals surface area (Å²) in [7, 11) is 1.94. The Balaban J connectivity index is 0.00000161. The van der Waals surface area contributed by atoms with Crippen LogP contribution in [0.4, 0.5) is 0 Å². The highest BCUT2D eigenvalue weighted by atomic mass is 35.5. The summed E-state index contributed by atoms with van der Waals surface area (Å²) in [5.74, 6) is 0.0260. The minimum absolute atomic E-state index is 0. The number of halogens is 1. The van der Waals surface area contributed by atoms with Crippen molar-refractivity contribution in [3.8, 4) is 0 Å². The second-order valence-electron chi connectivity index (χ2n) is 5.27. The van der Waals surface area contributed by atoms with E-state index >= 15 is 0 Å². The van der Waals surface area contributed by atoms with Crippen molar-refractivity contribution in [2.75, 3.05) is 20.1 Å². The lowest BCUT2D eigenvalue weighted by atomic mass is 10.1. The molecule has 6 nitrogen and oxygen atoms in total. The molecule has 1 saturated heterocycles. The van der Waals surface area contributed by atoms with E-state index in [0.29, 0.717) is 17.3 Å². The molecule has 1 aliphatic rings. The summed E-state index contributed by atoms with van der Waals surface area (Å²) in [6.07, 6.45) is 5.60. The molecule has 0 saturated carbocycles.